The molecular formula is C40H40N2O3. The molecule has 1 unspecified atom stereocenters. The lowest BCUT2D eigenvalue weighted by molar-refractivity contribution is 0.0599. The number of hydrogen-bond donors (Lipinski definition) is 0. The lowest BCUT2D eigenvalue weighted by Crippen LogP contribution is -2.22. The van der Waals surface area contributed by atoms with Crippen LogP contribution in [0.2, 0.25) is 0 Å². The molecule has 0 spiro atoms. The standard InChI is InChI=1S/C40H40N2O3/c1-7-41(8-2)31-21-22-34-38(24-31)45-37-23-28(5)36(25-35(37)39(34)32-11-9-10-12-33(32)40(43)44-6)42(29-17-13-26(3)14-18-29)30-19-15-27(4)16-20-30/h9-25,39H,7-8H2,1-6H3. The SMILES string of the molecule is CCN(CC)c1ccc2c(c1)Oc1cc(C)c(N(c3ccc(C)cc3)c3ccc(C)cc3)cc1C2c1ccccc1C(=O)OC. The van der Waals surface area contributed by atoms with Crippen molar-refractivity contribution in [1.82, 2.24) is 0 Å². The second-order valence-corrected chi connectivity index (χ2v) is 11.7. The topological polar surface area (TPSA) is 42.0 Å². The lowest BCUT2D eigenvalue weighted by Gasteiger charge is -2.34. The Morgan fingerprint density at radius 1 is 0.689 bits per heavy atom. The Morgan fingerprint density at radius 2 is 1.27 bits per heavy atom. The van der Waals surface area contributed by atoms with Crippen LogP contribution in [0.25, 0.3) is 0 Å². The van der Waals surface area contributed by atoms with Crippen LogP contribution in [0.1, 0.15) is 63.5 Å². The Hall–Kier alpha value is -5.03. The molecule has 0 bridgehead atoms. The Morgan fingerprint density at radius 3 is 1.87 bits per heavy atom. The number of benzene rings is 5. The predicted molar refractivity (Wildman–Crippen MR) is 184 cm³/mol. The van der Waals surface area contributed by atoms with E-state index in [2.05, 4.69) is 123 Å². The Bertz CT molecular complexity index is 1790. The van der Waals surface area contributed by atoms with Gasteiger partial charge in [-0.3, -0.25) is 0 Å². The van der Waals surface area contributed by atoms with Crippen LogP contribution in [0.15, 0.2) is 103 Å². The van der Waals surface area contributed by atoms with Gasteiger partial charge in [-0.15, -0.1) is 0 Å². The first-order valence-electron chi connectivity index (χ1n) is 15.6. The van der Waals surface area contributed by atoms with Crippen LogP contribution in [0.4, 0.5) is 22.7 Å². The maximum absolute atomic E-state index is 13.1. The summed E-state index contributed by atoms with van der Waals surface area (Å²) in [5, 5.41) is 0. The summed E-state index contributed by atoms with van der Waals surface area (Å²) in [6.07, 6.45) is 0. The van der Waals surface area contributed by atoms with Gasteiger partial charge in [0, 0.05) is 59.0 Å². The summed E-state index contributed by atoms with van der Waals surface area (Å²) in [5.41, 5.74) is 11.2. The number of methoxy groups -OCH3 is 1. The number of ether oxygens (including phenoxy) is 2. The highest BCUT2D eigenvalue weighted by Crippen LogP contribution is 2.52. The molecule has 1 aliphatic rings. The quantitative estimate of drug-likeness (QED) is 0.164. The summed E-state index contributed by atoms with van der Waals surface area (Å²) < 4.78 is 12.0. The highest BCUT2D eigenvalue weighted by atomic mass is 16.5. The van der Waals surface area contributed by atoms with E-state index in [1.807, 2.05) is 24.3 Å². The van der Waals surface area contributed by atoms with E-state index in [1.165, 1.54) is 18.2 Å². The normalized spacial score (nSPS) is 13.3. The number of anilines is 4. The molecule has 5 aromatic carbocycles. The molecular weight excluding hydrogens is 556 g/mol. The van der Waals surface area contributed by atoms with Gasteiger partial charge in [0.1, 0.15) is 11.5 Å². The molecule has 45 heavy (non-hydrogen) atoms. The van der Waals surface area contributed by atoms with Crippen molar-refractivity contribution < 1.29 is 14.3 Å². The van der Waals surface area contributed by atoms with Crippen LogP contribution in [-0.2, 0) is 4.74 Å². The van der Waals surface area contributed by atoms with Crippen molar-refractivity contribution >= 4 is 28.7 Å². The predicted octanol–water partition coefficient (Wildman–Crippen LogP) is 10.0. The number of carbonyl (C=O) groups is 1. The van der Waals surface area contributed by atoms with Gasteiger partial charge in [0.15, 0.2) is 0 Å². The summed E-state index contributed by atoms with van der Waals surface area (Å²) in [4.78, 5) is 17.7. The molecule has 0 aliphatic carbocycles. The van der Waals surface area contributed by atoms with E-state index < -0.39 is 0 Å². The number of fused-ring (bicyclic) bond motifs is 2. The maximum Gasteiger partial charge on any atom is 0.338 e. The van der Waals surface area contributed by atoms with Crippen molar-refractivity contribution in [2.75, 3.05) is 30.0 Å². The zero-order valence-corrected chi connectivity index (χ0v) is 26.9. The van der Waals surface area contributed by atoms with Crippen molar-refractivity contribution in [3.8, 4) is 11.5 Å². The second-order valence-electron chi connectivity index (χ2n) is 11.7. The fraction of sp³-hybridized carbons (Fsp3) is 0.225. The summed E-state index contributed by atoms with van der Waals surface area (Å²) in [6.45, 7) is 12.5. The minimum atomic E-state index is -0.353. The van der Waals surface area contributed by atoms with Gasteiger partial charge in [-0.25, -0.2) is 4.79 Å². The van der Waals surface area contributed by atoms with Gasteiger partial charge < -0.3 is 19.3 Å². The number of hydrogen-bond acceptors (Lipinski definition) is 5. The first-order chi connectivity index (χ1) is 21.8. The zero-order valence-electron chi connectivity index (χ0n) is 26.9. The Kier molecular flexibility index (Phi) is 8.36. The third kappa shape index (κ3) is 5.66. The van der Waals surface area contributed by atoms with Crippen molar-refractivity contribution in [1.29, 1.82) is 0 Å². The van der Waals surface area contributed by atoms with Crippen molar-refractivity contribution in [2.24, 2.45) is 0 Å². The van der Waals surface area contributed by atoms with Crippen molar-refractivity contribution in [3.63, 3.8) is 0 Å². The van der Waals surface area contributed by atoms with Gasteiger partial charge in [0.25, 0.3) is 0 Å². The van der Waals surface area contributed by atoms with E-state index in [0.717, 1.165) is 69.6 Å². The number of esters is 1. The van der Waals surface area contributed by atoms with E-state index >= 15 is 0 Å². The summed E-state index contributed by atoms with van der Waals surface area (Å²) >= 11 is 0. The molecule has 0 saturated heterocycles. The molecule has 5 nitrogen and oxygen atoms in total. The first kappa shape index (κ1) is 30.0. The van der Waals surface area contributed by atoms with E-state index in [9.17, 15) is 4.79 Å². The molecule has 5 heteroatoms. The van der Waals surface area contributed by atoms with Crippen molar-refractivity contribution in [2.45, 2.75) is 40.5 Å². The number of carbonyl (C=O) groups excluding carboxylic acids is 1. The minimum Gasteiger partial charge on any atom is -0.465 e. The van der Waals surface area contributed by atoms with Crippen LogP contribution in [0.3, 0.4) is 0 Å². The summed E-state index contributed by atoms with van der Waals surface area (Å²) in [7, 11) is 1.43. The molecule has 0 aromatic heterocycles. The third-order valence-corrected chi connectivity index (χ3v) is 8.80. The van der Waals surface area contributed by atoms with Gasteiger partial charge in [-0.1, -0.05) is 59.7 Å². The fourth-order valence-electron chi connectivity index (χ4n) is 6.36. The average molecular weight is 597 g/mol. The summed E-state index contributed by atoms with van der Waals surface area (Å²) in [6, 6.07) is 35.8. The molecule has 0 saturated carbocycles. The Balaban J connectivity index is 1.60. The van der Waals surface area contributed by atoms with Crippen LogP contribution >= 0.6 is 0 Å². The fourth-order valence-corrected chi connectivity index (χ4v) is 6.36. The molecule has 0 fully saturated rings. The maximum atomic E-state index is 13.1. The lowest BCUT2D eigenvalue weighted by atomic mass is 9.80. The van der Waals surface area contributed by atoms with Crippen LogP contribution in [0.5, 0.6) is 11.5 Å². The van der Waals surface area contributed by atoms with E-state index in [4.69, 9.17) is 9.47 Å². The van der Waals surface area contributed by atoms with Gasteiger partial charge in [-0.05, 0) is 94.3 Å². The highest BCUT2D eigenvalue weighted by molar-refractivity contribution is 5.92. The molecule has 5 aromatic rings. The molecule has 6 rings (SSSR count). The Labute approximate surface area is 266 Å². The molecule has 1 heterocycles. The molecule has 0 amide bonds. The monoisotopic (exact) mass is 596 g/mol. The van der Waals surface area contributed by atoms with Gasteiger partial charge >= 0.3 is 5.97 Å². The van der Waals surface area contributed by atoms with Crippen LogP contribution < -0.4 is 14.5 Å². The smallest absolute Gasteiger partial charge is 0.338 e. The van der Waals surface area contributed by atoms with Crippen molar-refractivity contribution in [3.05, 3.63) is 142 Å². The highest BCUT2D eigenvalue weighted by Gasteiger charge is 2.33. The molecule has 228 valence electrons. The second kappa shape index (κ2) is 12.5. The van der Waals surface area contributed by atoms with E-state index in [0.29, 0.717) is 5.56 Å². The van der Waals surface area contributed by atoms with Gasteiger partial charge in [-0.2, -0.15) is 0 Å². The van der Waals surface area contributed by atoms with E-state index in [1.54, 1.807) is 0 Å². The first-order valence-corrected chi connectivity index (χ1v) is 15.6. The molecule has 1 atom stereocenters. The van der Waals surface area contributed by atoms with Gasteiger partial charge in [0.2, 0.25) is 0 Å². The van der Waals surface area contributed by atoms with Crippen LogP contribution in [-0.4, -0.2) is 26.2 Å². The average Bonchev–Trinajstić information content (AvgIpc) is 3.06. The molecule has 0 radical (unpaired) electrons. The third-order valence-electron chi connectivity index (χ3n) is 8.80. The number of nitrogens with zero attached hydrogens (tertiary/aromatic N) is 2. The van der Waals surface area contributed by atoms with Crippen LogP contribution in [0, 0.1) is 20.8 Å². The molecule has 0 N–H and O–H groups in total. The number of rotatable bonds is 8. The summed E-state index contributed by atoms with van der Waals surface area (Å²) in [5.74, 6) is 0.991. The van der Waals surface area contributed by atoms with E-state index in [-0.39, 0.29) is 11.9 Å². The number of aryl methyl sites for hydroxylation is 3. The molecule has 1 aliphatic heterocycles. The minimum absolute atomic E-state index is 0.248. The largest absolute Gasteiger partial charge is 0.465 e. The zero-order chi connectivity index (χ0) is 31.7. The van der Waals surface area contributed by atoms with Gasteiger partial charge in [0.05, 0.1) is 12.7 Å².